The van der Waals surface area contributed by atoms with Crippen LogP contribution in [0, 0.1) is 11.3 Å². The summed E-state index contributed by atoms with van der Waals surface area (Å²) in [6.07, 6.45) is 6.69. The molecule has 1 aliphatic heterocycles. The number of aliphatic hydroxyl groups is 1. The molecule has 0 bridgehead atoms. The smallest absolute Gasteiger partial charge is 0.235 e. The summed E-state index contributed by atoms with van der Waals surface area (Å²) in [7, 11) is 3.59. The third-order valence-electron chi connectivity index (χ3n) is 6.32. The fourth-order valence-electron chi connectivity index (χ4n) is 4.58. The van der Waals surface area contributed by atoms with E-state index >= 15 is 0 Å². The number of fused-ring (bicyclic) bond motifs is 1. The number of aromatic nitrogens is 1. The van der Waals surface area contributed by atoms with Gasteiger partial charge >= 0.3 is 0 Å². The fraction of sp³-hybridized carbons (Fsp3) is 0.571. The van der Waals surface area contributed by atoms with Crippen LogP contribution in [0.5, 0.6) is 0 Å². The normalized spacial score (nSPS) is 20.9. The first-order chi connectivity index (χ1) is 13.4. The zero-order valence-corrected chi connectivity index (χ0v) is 17.2. The van der Waals surface area contributed by atoms with Gasteiger partial charge in [0.25, 0.3) is 0 Å². The number of aliphatic hydroxyl groups excluding tert-OH is 1. The van der Waals surface area contributed by atoms with Crippen LogP contribution < -0.4 is 5.32 Å². The molecule has 1 unspecified atom stereocenters. The van der Waals surface area contributed by atoms with Crippen molar-refractivity contribution in [1.82, 2.24) is 9.47 Å². The number of anilines is 1. The molecule has 4 rings (SSSR count). The molecule has 6 nitrogen and oxygen atoms in total. The Bertz CT molecular complexity index is 869. The summed E-state index contributed by atoms with van der Waals surface area (Å²) in [5, 5.41) is 15.0. The van der Waals surface area contributed by atoms with Crippen LogP contribution in [-0.2, 0) is 9.53 Å². The minimum Gasteiger partial charge on any atom is -0.379 e. The maximum Gasteiger partial charge on any atom is 0.235 e. The molecule has 1 aromatic heterocycles. The minimum atomic E-state index is -0.856. The molecule has 7 heteroatoms. The Hall–Kier alpha value is -1.60. The van der Waals surface area contributed by atoms with Crippen molar-refractivity contribution in [2.24, 2.45) is 11.3 Å². The molecule has 2 aliphatic rings. The summed E-state index contributed by atoms with van der Waals surface area (Å²) in [5.41, 5.74) is 0.963. The third kappa shape index (κ3) is 3.22. The maximum absolute atomic E-state index is 13.4. The lowest BCUT2D eigenvalue weighted by Gasteiger charge is -2.47. The van der Waals surface area contributed by atoms with Gasteiger partial charge in [-0.1, -0.05) is 36.9 Å². The number of amides is 1. The molecular weight excluding hydrogens is 378 g/mol. The van der Waals surface area contributed by atoms with Crippen molar-refractivity contribution >= 4 is 34.1 Å². The lowest BCUT2D eigenvalue weighted by Crippen LogP contribution is -2.56. The maximum atomic E-state index is 13.4. The quantitative estimate of drug-likeness (QED) is 0.741. The van der Waals surface area contributed by atoms with Gasteiger partial charge in [-0.05, 0) is 45.0 Å². The summed E-state index contributed by atoms with van der Waals surface area (Å²) in [6.45, 7) is 0.965. The van der Waals surface area contributed by atoms with Crippen LogP contribution in [0.3, 0.4) is 0 Å². The number of rotatable bonds is 5. The van der Waals surface area contributed by atoms with Crippen molar-refractivity contribution in [2.45, 2.75) is 38.5 Å². The van der Waals surface area contributed by atoms with E-state index in [2.05, 4.69) is 5.32 Å². The number of hydrogen-bond acceptors (Lipinski definition) is 4. The van der Waals surface area contributed by atoms with Crippen LogP contribution >= 0.6 is 11.6 Å². The summed E-state index contributed by atoms with van der Waals surface area (Å²) >= 11 is 6.47. The summed E-state index contributed by atoms with van der Waals surface area (Å²) in [6, 6.07) is 5.54. The molecule has 1 saturated heterocycles. The Morgan fingerprint density at radius 3 is 2.64 bits per heavy atom. The van der Waals surface area contributed by atoms with Crippen LogP contribution in [-0.4, -0.2) is 47.8 Å². The predicted octanol–water partition coefficient (Wildman–Crippen LogP) is 3.84. The Kier molecular flexibility index (Phi) is 5.40. The molecule has 1 aliphatic carbocycles. The van der Waals surface area contributed by atoms with E-state index in [4.69, 9.17) is 16.3 Å². The highest BCUT2D eigenvalue weighted by atomic mass is 35.5. The second-order valence-electron chi connectivity index (χ2n) is 8.33. The average Bonchev–Trinajstić information content (AvgIpc) is 3.00. The monoisotopic (exact) mass is 405 g/mol. The SMILES string of the molecule is CN(C)C(O)n1cc(NC(=O)C2(C3CCCCC3)COC2)c2c(Cl)cccc21. The highest BCUT2D eigenvalue weighted by Gasteiger charge is 2.51. The molecule has 2 fully saturated rings. The molecule has 1 atom stereocenters. The Morgan fingerprint density at radius 2 is 2.04 bits per heavy atom. The highest BCUT2D eigenvalue weighted by molar-refractivity contribution is 6.36. The van der Waals surface area contributed by atoms with Crippen LogP contribution in [0.25, 0.3) is 10.9 Å². The van der Waals surface area contributed by atoms with Crippen molar-refractivity contribution in [3.8, 4) is 0 Å². The molecule has 28 heavy (non-hydrogen) atoms. The van der Waals surface area contributed by atoms with Gasteiger partial charge in [0.15, 0.2) is 6.35 Å². The molecule has 0 radical (unpaired) electrons. The standard InChI is InChI=1S/C21H28ClN3O3/c1-24(2)20(27)25-11-16(18-15(22)9-6-10-17(18)25)23-19(26)21(12-28-13-21)14-7-4-3-5-8-14/h6,9-11,14,20,27H,3-5,7-8,12-13H2,1-2H3,(H,23,26). The Balaban J connectivity index is 1.68. The lowest BCUT2D eigenvalue weighted by molar-refractivity contribution is -0.172. The molecule has 152 valence electrons. The van der Waals surface area contributed by atoms with Gasteiger partial charge in [0.2, 0.25) is 5.91 Å². The second kappa shape index (κ2) is 7.67. The molecule has 2 heterocycles. The third-order valence-corrected chi connectivity index (χ3v) is 6.64. The van der Waals surface area contributed by atoms with Gasteiger partial charge in [-0.2, -0.15) is 0 Å². The van der Waals surface area contributed by atoms with Crippen LogP contribution in [0.2, 0.25) is 5.02 Å². The molecule has 1 saturated carbocycles. The van der Waals surface area contributed by atoms with Crippen LogP contribution in [0.15, 0.2) is 24.4 Å². The minimum absolute atomic E-state index is 0.00367. The summed E-state index contributed by atoms with van der Waals surface area (Å²) in [4.78, 5) is 15.1. The van der Waals surface area contributed by atoms with Crippen molar-refractivity contribution in [3.05, 3.63) is 29.4 Å². The van der Waals surface area contributed by atoms with E-state index in [-0.39, 0.29) is 5.91 Å². The first-order valence-electron chi connectivity index (χ1n) is 9.97. The topological polar surface area (TPSA) is 66.7 Å². The zero-order chi connectivity index (χ0) is 19.9. The van der Waals surface area contributed by atoms with Gasteiger partial charge in [-0.3, -0.25) is 9.69 Å². The second-order valence-corrected chi connectivity index (χ2v) is 8.74. The highest BCUT2D eigenvalue weighted by Crippen LogP contribution is 2.45. The number of carbonyl (C=O) groups excluding carboxylic acids is 1. The first-order valence-corrected chi connectivity index (χ1v) is 10.3. The number of nitrogens with one attached hydrogen (secondary N) is 1. The van der Waals surface area contributed by atoms with Crippen molar-refractivity contribution in [1.29, 1.82) is 0 Å². The van der Waals surface area contributed by atoms with Gasteiger partial charge in [0.1, 0.15) is 0 Å². The van der Waals surface area contributed by atoms with Crippen LogP contribution in [0.1, 0.15) is 38.5 Å². The largest absolute Gasteiger partial charge is 0.379 e. The number of carbonyl (C=O) groups is 1. The van der Waals surface area contributed by atoms with Gasteiger partial charge in [-0.25, -0.2) is 0 Å². The number of ether oxygens (including phenoxy) is 1. The van der Waals surface area contributed by atoms with Gasteiger partial charge in [0, 0.05) is 11.6 Å². The van der Waals surface area contributed by atoms with Gasteiger partial charge in [0.05, 0.1) is 34.9 Å². The van der Waals surface area contributed by atoms with Crippen molar-refractivity contribution in [3.63, 3.8) is 0 Å². The van der Waals surface area contributed by atoms with Crippen molar-refractivity contribution in [2.75, 3.05) is 32.6 Å². The lowest BCUT2D eigenvalue weighted by atomic mass is 9.66. The molecule has 1 amide bonds. The van der Waals surface area contributed by atoms with E-state index in [0.717, 1.165) is 23.7 Å². The molecule has 1 aromatic carbocycles. The van der Waals surface area contributed by atoms with E-state index in [0.29, 0.717) is 29.8 Å². The van der Waals surface area contributed by atoms with Gasteiger partial charge < -0.3 is 19.7 Å². The average molecular weight is 406 g/mol. The number of benzene rings is 1. The Morgan fingerprint density at radius 1 is 1.32 bits per heavy atom. The van der Waals surface area contributed by atoms with E-state index in [9.17, 15) is 9.90 Å². The van der Waals surface area contributed by atoms with Crippen molar-refractivity contribution < 1.29 is 14.6 Å². The van der Waals surface area contributed by atoms with Gasteiger partial charge in [-0.15, -0.1) is 0 Å². The van der Waals surface area contributed by atoms with E-state index in [1.54, 1.807) is 35.8 Å². The molecular formula is C21H28ClN3O3. The van der Waals surface area contributed by atoms with Crippen LogP contribution in [0.4, 0.5) is 5.69 Å². The van der Waals surface area contributed by atoms with E-state index in [1.165, 1.54) is 19.3 Å². The zero-order valence-electron chi connectivity index (χ0n) is 16.4. The van der Waals surface area contributed by atoms with E-state index < -0.39 is 11.8 Å². The first kappa shape index (κ1) is 19.7. The number of nitrogens with zero attached hydrogens (tertiary/aromatic N) is 2. The summed E-state index contributed by atoms with van der Waals surface area (Å²) < 4.78 is 7.22. The molecule has 0 spiro atoms. The predicted molar refractivity (Wildman–Crippen MR) is 110 cm³/mol. The Labute approximate surface area is 170 Å². The van der Waals surface area contributed by atoms with E-state index in [1.807, 2.05) is 12.1 Å². The molecule has 2 N–H and O–H groups in total. The number of hydrogen-bond donors (Lipinski definition) is 2. The molecule has 2 aromatic rings. The fourth-order valence-corrected chi connectivity index (χ4v) is 4.85. The number of halogens is 1. The summed E-state index contributed by atoms with van der Waals surface area (Å²) in [5.74, 6) is 0.371.